The average Bonchev–Trinajstić information content (AvgIpc) is 0.814. The summed E-state index contributed by atoms with van der Waals surface area (Å²) in [6.07, 6.45) is 0. The van der Waals surface area contributed by atoms with E-state index >= 15 is 0 Å². The number of hydrogen-bond acceptors (Lipinski definition) is 0. The van der Waals surface area contributed by atoms with Crippen LogP contribution in [0.2, 0.25) is 0 Å². The van der Waals surface area contributed by atoms with Gasteiger partial charge in [-0.25, -0.2) is 0 Å². The van der Waals surface area contributed by atoms with Gasteiger partial charge in [-0.1, -0.05) is 648 Å². The summed E-state index contributed by atoms with van der Waals surface area (Å²) in [7, 11) is 0. The quantitative estimate of drug-likeness (QED) is 0.133. The van der Waals surface area contributed by atoms with Crippen molar-refractivity contribution in [2.75, 3.05) is 0 Å². The minimum Gasteiger partial charge on any atom is -0.0683 e. The van der Waals surface area contributed by atoms with E-state index in [1.807, 2.05) is 551 Å². The Bertz CT molecular complexity index is 1980. The van der Waals surface area contributed by atoms with Gasteiger partial charge in [-0.05, 0) is 44.5 Å². The first-order chi connectivity index (χ1) is 53.9. The van der Waals surface area contributed by atoms with Gasteiger partial charge >= 0.3 is 0 Å². The predicted molar refractivity (Wildman–Crippen MR) is 536 cm³/mol. The van der Waals surface area contributed by atoms with Crippen molar-refractivity contribution >= 4 is 32.3 Å². The molecule has 11 aromatic carbocycles. The molecule has 108 heavy (non-hydrogen) atoms. The molecule has 11 rings (SSSR count). The summed E-state index contributed by atoms with van der Waals surface area (Å²) < 4.78 is 0. The molecule has 0 bridgehead atoms. The van der Waals surface area contributed by atoms with Crippen molar-refractivity contribution < 1.29 is 0 Å². The van der Waals surface area contributed by atoms with Crippen LogP contribution in [0.1, 0.15) is 332 Å². The molecule has 0 amide bonds. The minimum absolute atomic E-state index is 1.31. The molecule has 0 atom stereocenters. The molecule has 11 aromatic rings. The van der Waals surface area contributed by atoms with Gasteiger partial charge in [0.25, 0.3) is 0 Å². The lowest BCUT2D eigenvalue weighted by Gasteiger charge is -2.00. The van der Waals surface area contributed by atoms with Gasteiger partial charge in [0.05, 0.1) is 0 Å². The second-order valence-electron chi connectivity index (χ2n) is 12.8. The topological polar surface area (TPSA) is 0 Å². The zero-order chi connectivity index (χ0) is 89.6. The molecule has 0 aliphatic rings. The van der Waals surface area contributed by atoms with Crippen LogP contribution in [-0.4, -0.2) is 0 Å². The largest absolute Gasteiger partial charge is 0.0683 e. The van der Waals surface area contributed by atoms with Crippen molar-refractivity contribution in [2.45, 2.75) is 332 Å². The fourth-order valence-electron chi connectivity index (χ4n) is 5.32. The molecule has 0 saturated carbocycles. The second-order valence-corrected chi connectivity index (χ2v) is 12.8. The first-order valence-electron chi connectivity index (χ1n) is 44.2. The number of benzene rings is 11. The van der Waals surface area contributed by atoms with Crippen LogP contribution in [0.5, 0.6) is 0 Å². The van der Waals surface area contributed by atoms with Crippen LogP contribution in [0.3, 0.4) is 0 Å². The first-order valence-corrected chi connectivity index (χ1v) is 44.2. The van der Waals surface area contributed by atoms with Crippen molar-refractivity contribution in [2.24, 2.45) is 0 Å². The second kappa shape index (κ2) is 232. The highest BCUT2D eigenvalue weighted by Gasteiger charge is 1.95. The maximum atomic E-state index is 2.24. The van der Waals surface area contributed by atoms with E-state index < -0.39 is 0 Å². The predicted octanol–water partition coefficient (Wildman–Crippen LogP) is 41.6. The van der Waals surface area contributed by atoms with Crippen LogP contribution < -0.4 is 0 Å². The Hall–Kier alpha value is -7.80. The molecule has 0 aliphatic heterocycles. The minimum atomic E-state index is 1.31. The Morgan fingerprint density at radius 1 is 0.0741 bits per heavy atom. The molecule has 0 nitrogen and oxygen atoms in total. The Kier molecular flexibility index (Phi) is 338. The average molecular weight is 1500 g/mol. The summed E-state index contributed by atoms with van der Waals surface area (Å²) in [6.45, 7) is 96.0. The molecular formula is C108H198. The summed E-state index contributed by atoms with van der Waals surface area (Å²) in [4.78, 5) is 0. The summed E-state index contributed by atoms with van der Waals surface area (Å²) in [6, 6.07) is 110. The molecule has 0 radical (unpaired) electrons. The summed E-state index contributed by atoms with van der Waals surface area (Å²) in [5.41, 5.74) is 0. The lowest BCUT2D eigenvalue weighted by atomic mass is 10.0. The standard InChI is InChI=1S/C14H10.C10H8.6C6H6.24C2H6/c1-2-6-12-10-14-8-4-3-7-13(14)9-11(12)5-1;1-2-6-10-8-4-3-7-9(10)5-1;6*1-2-4-6-5-3-1;24*1-2/h1-10H;1-8H;6*1-6H;24*1-2H3. The third kappa shape index (κ3) is 160. The van der Waals surface area contributed by atoms with Gasteiger partial charge in [0.15, 0.2) is 0 Å². The third-order valence-corrected chi connectivity index (χ3v) is 8.27. The lowest BCUT2D eigenvalue weighted by molar-refractivity contribution is 1.50. The van der Waals surface area contributed by atoms with E-state index in [0.717, 1.165) is 0 Å². The van der Waals surface area contributed by atoms with Crippen LogP contribution in [0.15, 0.2) is 328 Å². The van der Waals surface area contributed by atoms with E-state index in [2.05, 4.69) is 109 Å². The molecule has 0 fully saturated rings. The van der Waals surface area contributed by atoms with E-state index in [0.29, 0.717) is 0 Å². The van der Waals surface area contributed by atoms with Crippen LogP contribution in [0.25, 0.3) is 32.3 Å². The van der Waals surface area contributed by atoms with Crippen molar-refractivity contribution in [1.82, 2.24) is 0 Å². The van der Waals surface area contributed by atoms with Gasteiger partial charge in [-0.3, -0.25) is 0 Å². The highest BCUT2D eigenvalue weighted by molar-refractivity contribution is 5.98. The van der Waals surface area contributed by atoms with E-state index in [4.69, 9.17) is 0 Å². The smallest absolute Gasteiger partial charge is 0.0178 e. The molecule has 0 unspecified atom stereocenters. The van der Waals surface area contributed by atoms with Crippen LogP contribution in [0.4, 0.5) is 0 Å². The summed E-state index contributed by atoms with van der Waals surface area (Å²) in [5, 5.41) is 7.87. The SMILES string of the molecule is CC.CC.CC.CC.CC.CC.CC.CC.CC.CC.CC.CC.CC.CC.CC.CC.CC.CC.CC.CC.CC.CC.CC.CC.c1ccc2cc3ccccc3cc2c1.c1ccc2ccccc2c1.c1ccccc1.c1ccccc1.c1ccccc1.c1ccccc1.c1ccccc1.c1ccccc1. The van der Waals surface area contributed by atoms with Gasteiger partial charge in [0.2, 0.25) is 0 Å². The Labute approximate surface area is 688 Å². The fraction of sp³-hybridized carbons (Fsp3) is 0.444. The van der Waals surface area contributed by atoms with E-state index in [1.54, 1.807) is 0 Å². The Balaban J connectivity index is -0.0000000395. The highest BCUT2D eigenvalue weighted by Crippen LogP contribution is 2.22. The highest BCUT2D eigenvalue weighted by atomic mass is 14.0. The maximum absolute atomic E-state index is 2.24. The van der Waals surface area contributed by atoms with Crippen LogP contribution in [0, 0.1) is 0 Å². The molecule has 0 N–H and O–H groups in total. The van der Waals surface area contributed by atoms with Gasteiger partial charge in [0, 0.05) is 0 Å². The molecule has 0 heteroatoms. The molecule has 0 aliphatic carbocycles. The molecule has 0 saturated heterocycles. The van der Waals surface area contributed by atoms with E-state index in [-0.39, 0.29) is 0 Å². The van der Waals surface area contributed by atoms with Crippen LogP contribution in [-0.2, 0) is 0 Å². The number of rotatable bonds is 0. The maximum Gasteiger partial charge on any atom is -0.0178 e. The Morgan fingerprint density at radius 2 is 0.130 bits per heavy atom. The van der Waals surface area contributed by atoms with Crippen molar-refractivity contribution in [3.8, 4) is 0 Å². The zero-order valence-corrected chi connectivity index (χ0v) is 82.2. The molecule has 630 valence electrons. The molecule has 0 aromatic heterocycles. The van der Waals surface area contributed by atoms with Gasteiger partial charge in [-0.15, -0.1) is 0 Å². The zero-order valence-electron chi connectivity index (χ0n) is 82.2. The van der Waals surface area contributed by atoms with E-state index in [1.165, 1.54) is 32.3 Å². The molecule has 0 heterocycles. The molecule has 0 spiro atoms. The van der Waals surface area contributed by atoms with Crippen molar-refractivity contribution in [3.05, 3.63) is 328 Å². The third-order valence-electron chi connectivity index (χ3n) is 8.27. The van der Waals surface area contributed by atoms with Gasteiger partial charge in [0.1, 0.15) is 0 Å². The van der Waals surface area contributed by atoms with Crippen LogP contribution >= 0.6 is 0 Å². The monoisotopic (exact) mass is 1500 g/mol. The summed E-state index contributed by atoms with van der Waals surface area (Å²) >= 11 is 0. The fourth-order valence-corrected chi connectivity index (χ4v) is 5.32. The van der Waals surface area contributed by atoms with Crippen molar-refractivity contribution in [3.63, 3.8) is 0 Å². The lowest BCUT2D eigenvalue weighted by Crippen LogP contribution is -1.74. The van der Waals surface area contributed by atoms with Gasteiger partial charge in [-0.2, -0.15) is 0 Å². The van der Waals surface area contributed by atoms with Crippen molar-refractivity contribution in [1.29, 1.82) is 0 Å². The number of hydrogen-bond donors (Lipinski definition) is 0. The number of fused-ring (bicyclic) bond motifs is 3. The Morgan fingerprint density at radius 3 is 0.194 bits per heavy atom. The van der Waals surface area contributed by atoms with E-state index in [9.17, 15) is 0 Å². The van der Waals surface area contributed by atoms with Gasteiger partial charge < -0.3 is 0 Å². The normalized spacial score (nSPS) is 6.33. The summed E-state index contributed by atoms with van der Waals surface area (Å²) in [5.74, 6) is 0. The first kappa shape index (κ1) is 157. The molecular weight excluding hydrogens is 1300 g/mol.